The molecule has 0 spiro atoms. The zero-order valence-corrected chi connectivity index (χ0v) is 27.9. The summed E-state index contributed by atoms with van der Waals surface area (Å²) in [7, 11) is 2.84. The number of aromatic hydroxyl groups is 3. The Labute approximate surface area is 289 Å². The second-order valence-corrected chi connectivity index (χ2v) is 12.8. The average molecular weight is 709 g/mol. The second-order valence-electron chi connectivity index (χ2n) is 12.8. The van der Waals surface area contributed by atoms with Crippen molar-refractivity contribution in [3.63, 3.8) is 0 Å². The largest absolute Gasteiger partial charge is 0.507 e. The molecule has 16 nitrogen and oxygen atoms in total. The van der Waals surface area contributed by atoms with Gasteiger partial charge in [-0.15, -0.1) is 0 Å². The molecule has 51 heavy (non-hydrogen) atoms. The number of ketones is 2. The molecular formula is C35H36N2O14. The van der Waals surface area contributed by atoms with Crippen LogP contribution in [-0.2, 0) is 14.3 Å². The topological polar surface area (TPSA) is 262 Å². The van der Waals surface area contributed by atoms with Crippen LogP contribution in [0, 0.1) is 6.92 Å². The van der Waals surface area contributed by atoms with E-state index >= 15 is 0 Å². The minimum Gasteiger partial charge on any atom is -0.507 e. The Bertz CT molecular complexity index is 2010. The molecule has 0 radical (unpaired) electrons. The lowest BCUT2D eigenvalue weighted by atomic mass is 9.74. The highest BCUT2D eigenvalue weighted by molar-refractivity contribution is 6.31. The van der Waals surface area contributed by atoms with Crippen molar-refractivity contribution in [3.05, 3.63) is 68.8 Å². The van der Waals surface area contributed by atoms with Crippen LogP contribution in [0.25, 0.3) is 11.1 Å². The lowest BCUT2D eigenvalue weighted by molar-refractivity contribution is -0.295. The fraction of sp³-hybridized carbons (Fsp3) is 0.371. The first-order valence-electron chi connectivity index (χ1n) is 15.9. The molecule has 270 valence electrons. The first-order chi connectivity index (χ1) is 24.0. The van der Waals surface area contributed by atoms with Crippen LogP contribution in [0.4, 0.5) is 0 Å². The number of carboxylic acids is 1. The first-order valence-corrected chi connectivity index (χ1v) is 15.9. The number of hydrogen-bond donors (Lipinski definition) is 9. The number of rotatable bonds is 7. The molecule has 0 aromatic heterocycles. The van der Waals surface area contributed by atoms with Gasteiger partial charge in [0, 0.05) is 28.3 Å². The molecule has 0 bridgehead atoms. The van der Waals surface area contributed by atoms with Crippen molar-refractivity contribution in [2.75, 3.05) is 14.2 Å². The average Bonchev–Trinajstić information content (AvgIpc) is 3.07. The highest BCUT2D eigenvalue weighted by atomic mass is 16.7. The molecule has 1 amide bonds. The van der Waals surface area contributed by atoms with Crippen molar-refractivity contribution in [2.24, 2.45) is 0 Å². The number of aliphatic hydroxyl groups excluding tert-OH is 3. The number of carbonyl (C=O) groups is 4. The van der Waals surface area contributed by atoms with Gasteiger partial charge in [-0.05, 0) is 56.6 Å². The molecule has 1 fully saturated rings. The van der Waals surface area contributed by atoms with Gasteiger partial charge < -0.3 is 60.6 Å². The molecule has 0 unspecified atom stereocenters. The predicted molar refractivity (Wildman–Crippen MR) is 174 cm³/mol. The van der Waals surface area contributed by atoms with Gasteiger partial charge in [0.25, 0.3) is 5.91 Å². The highest BCUT2D eigenvalue weighted by Gasteiger charge is 2.48. The van der Waals surface area contributed by atoms with Crippen molar-refractivity contribution in [1.29, 1.82) is 0 Å². The van der Waals surface area contributed by atoms with Crippen LogP contribution in [0.1, 0.15) is 84.9 Å². The summed E-state index contributed by atoms with van der Waals surface area (Å²) in [4.78, 5) is 52.7. The van der Waals surface area contributed by atoms with E-state index in [9.17, 15) is 54.9 Å². The molecular weight excluding hydrogens is 672 g/mol. The maximum Gasteiger partial charge on any atom is 0.325 e. The zero-order valence-electron chi connectivity index (χ0n) is 27.9. The van der Waals surface area contributed by atoms with Crippen molar-refractivity contribution in [2.45, 2.75) is 69.7 Å². The number of methoxy groups -OCH3 is 1. The lowest BCUT2D eigenvalue weighted by Crippen LogP contribution is -2.61. The number of phenols is 3. The molecule has 8 atom stereocenters. The molecule has 16 heteroatoms. The molecule has 3 aromatic rings. The van der Waals surface area contributed by atoms with E-state index in [1.165, 1.54) is 33.1 Å². The Morgan fingerprint density at radius 3 is 2.14 bits per heavy atom. The van der Waals surface area contributed by atoms with E-state index in [1.807, 2.05) is 0 Å². The predicted octanol–water partition coefficient (Wildman–Crippen LogP) is 0.925. The summed E-state index contributed by atoms with van der Waals surface area (Å²) < 4.78 is 17.1. The molecule has 3 aliphatic rings. The van der Waals surface area contributed by atoms with Gasteiger partial charge in [-0.3, -0.25) is 19.2 Å². The standard InChI is InChI=1S/C35H36N2O14/c1-10-6-17-22(28(42)19(10)33(46)37-11(2)34(47)48)21-15(27(41)32(17)51-35-31(45)30(44)24(36-4)12(3)50-35)9-16-23(29(21)43)26(40)14-7-13(49-5)8-18(38)20(14)25(16)39/h6-9,11-12,24,27,30-32,35-36,38,41-45H,1-5H3,(H,37,46)(H,47,48)/t11-,12+,24+,27+,30-,31-,32+,35-/m1/s1. The Morgan fingerprint density at radius 1 is 0.882 bits per heavy atom. The highest BCUT2D eigenvalue weighted by Crippen LogP contribution is 2.57. The van der Waals surface area contributed by atoms with Crippen LogP contribution in [-0.4, -0.2) is 110 Å². The summed E-state index contributed by atoms with van der Waals surface area (Å²) in [5, 5.41) is 82.5. The van der Waals surface area contributed by atoms with Gasteiger partial charge in [-0.1, -0.05) is 6.07 Å². The number of carbonyl (C=O) groups excluding carboxylic acids is 3. The number of aryl methyl sites for hydroxylation is 1. The summed E-state index contributed by atoms with van der Waals surface area (Å²) in [5.74, 6) is -6.33. The van der Waals surface area contributed by atoms with E-state index in [4.69, 9.17) is 14.2 Å². The number of benzene rings is 3. The summed E-state index contributed by atoms with van der Waals surface area (Å²) in [5.41, 5.74) is -2.88. The maximum atomic E-state index is 13.9. The Morgan fingerprint density at radius 2 is 1.51 bits per heavy atom. The third-order valence-corrected chi connectivity index (χ3v) is 9.70. The molecule has 1 saturated heterocycles. The van der Waals surface area contributed by atoms with E-state index in [0.29, 0.717) is 0 Å². The molecule has 3 aromatic carbocycles. The number of ether oxygens (including phenoxy) is 3. The Hall–Kier alpha value is -5.10. The fourth-order valence-corrected chi connectivity index (χ4v) is 7.10. The molecule has 9 N–H and O–H groups in total. The summed E-state index contributed by atoms with van der Waals surface area (Å²) >= 11 is 0. The molecule has 1 aliphatic heterocycles. The molecule has 1 heterocycles. The summed E-state index contributed by atoms with van der Waals surface area (Å²) in [6, 6.07) is 2.69. The van der Waals surface area contributed by atoms with Crippen LogP contribution < -0.4 is 15.4 Å². The van der Waals surface area contributed by atoms with E-state index in [1.54, 1.807) is 14.0 Å². The van der Waals surface area contributed by atoms with E-state index in [-0.39, 0.29) is 44.7 Å². The van der Waals surface area contributed by atoms with Crippen molar-refractivity contribution >= 4 is 23.4 Å². The number of fused-ring (bicyclic) bond motifs is 5. The van der Waals surface area contributed by atoms with E-state index in [2.05, 4.69) is 10.6 Å². The fourth-order valence-electron chi connectivity index (χ4n) is 7.10. The van der Waals surface area contributed by atoms with Gasteiger partial charge in [0.2, 0.25) is 0 Å². The number of aliphatic hydroxyl groups is 3. The number of likely N-dealkylation sites (N-methyl/N-ethyl adjacent to an activating group) is 1. The van der Waals surface area contributed by atoms with Gasteiger partial charge in [-0.2, -0.15) is 0 Å². The van der Waals surface area contributed by atoms with Crippen LogP contribution in [0.5, 0.6) is 23.0 Å². The quantitative estimate of drug-likeness (QED) is 0.129. The normalized spacial score (nSPS) is 25.6. The van der Waals surface area contributed by atoms with Gasteiger partial charge >= 0.3 is 5.97 Å². The van der Waals surface area contributed by atoms with E-state index in [0.717, 1.165) is 12.1 Å². The number of nitrogens with one attached hydrogen (secondary N) is 2. The third kappa shape index (κ3) is 5.47. The number of phenolic OH excluding ortho intramolecular Hbond substituents is 3. The zero-order chi connectivity index (χ0) is 37.4. The lowest BCUT2D eigenvalue weighted by Gasteiger charge is -2.44. The van der Waals surface area contributed by atoms with Gasteiger partial charge in [-0.25, -0.2) is 0 Å². The van der Waals surface area contributed by atoms with Crippen LogP contribution in [0.2, 0.25) is 0 Å². The number of aliphatic carboxylic acids is 1. The van der Waals surface area contributed by atoms with Crippen LogP contribution >= 0.6 is 0 Å². The first kappa shape index (κ1) is 35.7. The molecule has 6 rings (SSSR count). The summed E-state index contributed by atoms with van der Waals surface area (Å²) in [6.45, 7) is 4.23. The van der Waals surface area contributed by atoms with Crippen LogP contribution in [0.15, 0.2) is 24.3 Å². The smallest absolute Gasteiger partial charge is 0.325 e. The Kier molecular flexibility index (Phi) is 9.03. The van der Waals surface area contributed by atoms with Crippen molar-refractivity contribution < 1.29 is 69.1 Å². The minimum absolute atomic E-state index is 0.0426. The summed E-state index contributed by atoms with van der Waals surface area (Å²) in [6.07, 6.45) is -8.68. The van der Waals surface area contributed by atoms with Crippen molar-refractivity contribution in [3.8, 4) is 34.1 Å². The number of carboxylic acid groups (broad SMARTS) is 1. The van der Waals surface area contributed by atoms with Gasteiger partial charge in [0.15, 0.2) is 17.9 Å². The van der Waals surface area contributed by atoms with Gasteiger partial charge in [0.1, 0.15) is 53.5 Å². The number of amides is 1. The van der Waals surface area contributed by atoms with Crippen LogP contribution in [0.3, 0.4) is 0 Å². The maximum absolute atomic E-state index is 13.9. The molecule has 2 aliphatic carbocycles. The minimum atomic E-state index is -1.80. The van der Waals surface area contributed by atoms with Crippen molar-refractivity contribution in [1.82, 2.24) is 10.6 Å². The van der Waals surface area contributed by atoms with Gasteiger partial charge in [0.05, 0.1) is 35.9 Å². The molecule has 0 saturated carbocycles. The third-order valence-electron chi connectivity index (χ3n) is 9.70. The SMILES string of the molecule is CN[C@@H]1[C@@H](O)[C@@H](O)[C@@H](O[C@H]2c3cc(C)c(C(=O)N[C@H](C)C(=O)O)c(O)c3-c3c(cc4c(c3O)C(=O)c3cc(OC)cc(O)c3C4=O)[C@@H]2O)O[C@H]1C. The Balaban J connectivity index is 1.58. The van der Waals surface area contributed by atoms with E-state index < -0.39 is 106 Å². The number of hydrogen-bond acceptors (Lipinski definition) is 14. The monoisotopic (exact) mass is 708 g/mol. The second kappa shape index (κ2) is 12.9.